The van der Waals surface area contributed by atoms with Crippen LogP contribution in [0.5, 0.6) is 0 Å². The molecule has 0 unspecified atom stereocenters. The highest BCUT2D eigenvalue weighted by Gasteiger charge is 2.23. The van der Waals surface area contributed by atoms with Crippen LogP contribution in [0.3, 0.4) is 0 Å². The van der Waals surface area contributed by atoms with E-state index in [1.807, 2.05) is 0 Å². The van der Waals surface area contributed by atoms with Gasteiger partial charge < -0.3 is 15.3 Å². The maximum atomic E-state index is 11.6. The summed E-state index contributed by atoms with van der Waals surface area (Å²) in [4.78, 5) is 23.2. The van der Waals surface area contributed by atoms with Crippen molar-refractivity contribution >= 4 is 17.5 Å². The van der Waals surface area contributed by atoms with Crippen molar-refractivity contribution < 1.29 is 20.1 Å². The van der Waals surface area contributed by atoms with Gasteiger partial charge in [-0.3, -0.25) is 10.1 Å². The van der Waals surface area contributed by atoms with Crippen LogP contribution in [-0.2, 0) is 0 Å². The molecule has 0 radical (unpaired) electrons. The van der Waals surface area contributed by atoms with E-state index in [4.69, 9.17) is 26.9 Å². The Morgan fingerprint density at radius 1 is 1.20 bits per heavy atom. The molecule has 8 nitrogen and oxygen atoms in total. The van der Waals surface area contributed by atoms with Gasteiger partial charge in [0.1, 0.15) is 17.2 Å². The molecule has 2 aromatic heterocycles. The van der Waals surface area contributed by atoms with Crippen molar-refractivity contribution in [3.63, 3.8) is 0 Å². The number of carbonyl (C=O) groups excluding carboxylic acids is 1. The standard InChI is InChI=1S/C11H9ClN4O4/c12-9-3-1-2-6(15-9)7-4-8(14-5-13-7)10(17)16-11(18,19)20/h1-5,18-20H,(H,16,17). The molecule has 20 heavy (non-hydrogen) atoms. The van der Waals surface area contributed by atoms with Crippen LogP contribution in [0.15, 0.2) is 30.6 Å². The molecule has 0 saturated carbocycles. The lowest BCUT2D eigenvalue weighted by Gasteiger charge is -2.14. The monoisotopic (exact) mass is 296 g/mol. The van der Waals surface area contributed by atoms with E-state index in [-0.39, 0.29) is 10.8 Å². The third kappa shape index (κ3) is 3.68. The molecule has 0 bridgehead atoms. The fourth-order valence-corrected chi connectivity index (χ4v) is 1.55. The maximum Gasteiger partial charge on any atom is 0.369 e. The number of aromatic nitrogens is 3. The van der Waals surface area contributed by atoms with Crippen molar-refractivity contribution in [1.29, 1.82) is 0 Å². The largest absolute Gasteiger partial charge is 0.369 e. The van der Waals surface area contributed by atoms with Crippen LogP contribution in [-0.4, -0.2) is 42.3 Å². The van der Waals surface area contributed by atoms with E-state index in [1.165, 1.54) is 11.4 Å². The molecule has 2 rings (SSSR count). The third-order valence-corrected chi connectivity index (χ3v) is 2.37. The number of pyridine rings is 1. The van der Waals surface area contributed by atoms with Crippen LogP contribution in [0.2, 0.25) is 5.15 Å². The molecule has 0 spiro atoms. The summed E-state index contributed by atoms with van der Waals surface area (Å²) in [6.07, 6.45) is -2.23. The van der Waals surface area contributed by atoms with Gasteiger partial charge in [0.05, 0.1) is 11.4 Å². The maximum absolute atomic E-state index is 11.6. The second-order valence-corrected chi connectivity index (χ2v) is 4.11. The predicted molar refractivity (Wildman–Crippen MR) is 67.1 cm³/mol. The van der Waals surface area contributed by atoms with Crippen LogP contribution in [0.25, 0.3) is 11.4 Å². The van der Waals surface area contributed by atoms with Gasteiger partial charge in [0.2, 0.25) is 0 Å². The third-order valence-electron chi connectivity index (χ3n) is 2.16. The Kier molecular flexibility index (Phi) is 3.91. The average Bonchev–Trinajstić information content (AvgIpc) is 2.37. The number of hydrogen-bond acceptors (Lipinski definition) is 7. The summed E-state index contributed by atoms with van der Waals surface area (Å²) in [5.41, 5.74) is 0.544. The first-order valence-corrected chi connectivity index (χ1v) is 5.67. The number of amides is 1. The van der Waals surface area contributed by atoms with Crippen LogP contribution in [0.1, 0.15) is 10.5 Å². The van der Waals surface area contributed by atoms with Gasteiger partial charge in [-0.25, -0.2) is 15.0 Å². The number of rotatable bonds is 3. The van der Waals surface area contributed by atoms with Gasteiger partial charge in [0.15, 0.2) is 0 Å². The van der Waals surface area contributed by atoms with Crippen LogP contribution < -0.4 is 5.32 Å². The molecule has 104 valence electrons. The first-order chi connectivity index (χ1) is 9.35. The molecule has 0 fully saturated rings. The van der Waals surface area contributed by atoms with E-state index < -0.39 is 12.0 Å². The van der Waals surface area contributed by atoms with E-state index >= 15 is 0 Å². The Morgan fingerprint density at radius 2 is 1.95 bits per heavy atom. The van der Waals surface area contributed by atoms with Gasteiger partial charge in [-0.1, -0.05) is 17.7 Å². The summed E-state index contributed by atoms with van der Waals surface area (Å²) in [5, 5.41) is 27.8. The molecule has 0 aliphatic rings. The summed E-state index contributed by atoms with van der Waals surface area (Å²) in [5.74, 6) is -0.997. The quantitative estimate of drug-likeness (QED) is 0.444. The Balaban J connectivity index is 2.31. The minimum absolute atomic E-state index is 0.182. The van der Waals surface area contributed by atoms with Gasteiger partial charge in [0, 0.05) is 0 Å². The first-order valence-electron chi connectivity index (χ1n) is 5.30. The molecule has 4 N–H and O–H groups in total. The lowest BCUT2D eigenvalue weighted by atomic mass is 10.2. The number of carbonyl (C=O) groups is 1. The van der Waals surface area contributed by atoms with Crippen molar-refractivity contribution in [2.75, 3.05) is 0 Å². The van der Waals surface area contributed by atoms with E-state index in [0.29, 0.717) is 11.4 Å². The zero-order valence-electron chi connectivity index (χ0n) is 9.86. The Hall–Kier alpha value is -2.13. The summed E-state index contributed by atoms with van der Waals surface area (Å²) in [6, 6.07) is 6.13. The zero-order chi connectivity index (χ0) is 14.8. The van der Waals surface area contributed by atoms with Crippen LogP contribution in [0.4, 0.5) is 0 Å². The van der Waals surface area contributed by atoms with Crippen LogP contribution in [0, 0.1) is 0 Å². The molecule has 0 saturated heterocycles. The van der Waals surface area contributed by atoms with E-state index in [9.17, 15) is 4.79 Å². The topological polar surface area (TPSA) is 128 Å². The number of aliphatic hydroxyl groups is 3. The lowest BCUT2D eigenvalue weighted by molar-refractivity contribution is -0.323. The van der Waals surface area contributed by atoms with Crippen molar-refractivity contribution in [2.45, 2.75) is 6.10 Å². The second kappa shape index (κ2) is 5.47. The zero-order valence-corrected chi connectivity index (χ0v) is 10.6. The van der Waals surface area contributed by atoms with Gasteiger partial charge in [0.25, 0.3) is 5.91 Å². The fraction of sp³-hybridized carbons (Fsp3) is 0.0909. The van der Waals surface area contributed by atoms with Gasteiger partial charge in [-0.05, 0) is 18.2 Å². The normalized spacial score (nSPS) is 11.2. The number of hydrogen-bond donors (Lipinski definition) is 4. The number of nitrogens with one attached hydrogen (secondary N) is 1. The minimum Gasteiger partial charge on any atom is -0.325 e. The Morgan fingerprint density at radius 3 is 2.60 bits per heavy atom. The van der Waals surface area contributed by atoms with E-state index in [0.717, 1.165) is 6.33 Å². The molecule has 2 heterocycles. The molecule has 0 aromatic carbocycles. The molecule has 9 heteroatoms. The highest BCUT2D eigenvalue weighted by Crippen LogP contribution is 2.16. The first kappa shape index (κ1) is 14.3. The highest BCUT2D eigenvalue weighted by atomic mass is 35.5. The Bertz CT molecular complexity index is 644. The molecule has 2 aromatic rings. The molecule has 0 aliphatic heterocycles. The smallest absolute Gasteiger partial charge is 0.325 e. The number of nitrogens with zero attached hydrogens (tertiary/aromatic N) is 3. The number of halogens is 1. The molecule has 1 amide bonds. The minimum atomic E-state index is -3.32. The molecular formula is C11H9ClN4O4. The van der Waals surface area contributed by atoms with E-state index in [1.54, 1.807) is 18.2 Å². The molecule has 0 aliphatic carbocycles. The van der Waals surface area contributed by atoms with Crippen molar-refractivity contribution in [2.24, 2.45) is 0 Å². The van der Waals surface area contributed by atoms with E-state index in [2.05, 4.69) is 15.0 Å². The average molecular weight is 297 g/mol. The summed E-state index contributed by atoms with van der Waals surface area (Å²) >= 11 is 5.75. The van der Waals surface area contributed by atoms with Gasteiger partial charge in [-0.15, -0.1) is 0 Å². The van der Waals surface area contributed by atoms with Crippen molar-refractivity contribution in [1.82, 2.24) is 20.3 Å². The summed E-state index contributed by atoms with van der Waals surface area (Å²) < 4.78 is 0. The van der Waals surface area contributed by atoms with Gasteiger partial charge >= 0.3 is 6.10 Å². The predicted octanol–water partition coefficient (Wildman–Crippen LogP) is -0.490. The molecule has 0 atom stereocenters. The van der Waals surface area contributed by atoms with Crippen molar-refractivity contribution in [3.05, 3.63) is 41.4 Å². The second-order valence-electron chi connectivity index (χ2n) is 3.72. The highest BCUT2D eigenvalue weighted by molar-refractivity contribution is 6.29. The summed E-state index contributed by atoms with van der Waals surface area (Å²) in [6.45, 7) is 0. The lowest BCUT2D eigenvalue weighted by Crippen LogP contribution is -2.48. The van der Waals surface area contributed by atoms with Gasteiger partial charge in [-0.2, -0.15) is 0 Å². The Labute approximate surface area is 117 Å². The SMILES string of the molecule is O=C(NC(O)(O)O)c1cc(-c2cccc(Cl)n2)ncn1. The van der Waals surface area contributed by atoms with Crippen LogP contribution >= 0.6 is 11.6 Å². The molecular weight excluding hydrogens is 288 g/mol. The summed E-state index contributed by atoms with van der Waals surface area (Å²) in [7, 11) is 0. The van der Waals surface area contributed by atoms with Crippen molar-refractivity contribution in [3.8, 4) is 11.4 Å². The fourth-order valence-electron chi connectivity index (χ4n) is 1.39.